The van der Waals surface area contributed by atoms with Crippen LogP contribution < -0.4 is 5.32 Å². The molecule has 0 spiro atoms. The van der Waals surface area contributed by atoms with Crippen molar-refractivity contribution in [2.75, 3.05) is 5.32 Å². The molecule has 1 atom stereocenters. The van der Waals surface area contributed by atoms with Gasteiger partial charge >= 0.3 is 12.1 Å². The molecule has 1 aromatic carbocycles. The largest absolute Gasteiger partial charge is 0.480 e. The van der Waals surface area contributed by atoms with Crippen molar-refractivity contribution in [2.24, 2.45) is 0 Å². The molecule has 2 N–H and O–H groups in total. The minimum atomic E-state index is -4.41. The number of benzene rings is 1. The number of aliphatic carboxylic acids is 1. The highest BCUT2D eigenvalue weighted by molar-refractivity contribution is 5.79. The van der Waals surface area contributed by atoms with Crippen molar-refractivity contribution >= 4 is 11.7 Å². The van der Waals surface area contributed by atoms with Crippen LogP contribution in [0.15, 0.2) is 18.2 Å². The molecule has 92 valence electrons. The van der Waals surface area contributed by atoms with E-state index >= 15 is 0 Å². The third-order valence-electron chi connectivity index (χ3n) is 2.77. The molecule has 0 aromatic heterocycles. The van der Waals surface area contributed by atoms with Crippen LogP contribution in [0.5, 0.6) is 0 Å². The summed E-state index contributed by atoms with van der Waals surface area (Å²) in [7, 11) is 0. The number of carbonyl (C=O) groups is 1. The van der Waals surface area contributed by atoms with Crippen LogP contribution in [0.3, 0.4) is 0 Å². The number of alkyl halides is 3. The van der Waals surface area contributed by atoms with Gasteiger partial charge in [0.2, 0.25) is 0 Å². The Morgan fingerprint density at radius 1 is 1.41 bits per heavy atom. The van der Waals surface area contributed by atoms with Crippen molar-refractivity contribution in [3.63, 3.8) is 0 Å². The highest BCUT2D eigenvalue weighted by atomic mass is 19.4. The van der Waals surface area contributed by atoms with Crippen molar-refractivity contribution < 1.29 is 23.1 Å². The Bertz CT molecular complexity index is 457. The lowest BCUT2D eigenvalue weighted by molar-refractivity contribution is -0.138. The van der Waals surface area contributed by atoms with E-state index in [0.717, 1.165) is 17.7 Å². The Morgan fingerprint density at radius 3 is 2.71 bits per heavy atom. The Hall–Kier alpha value is -1.72. The molecule has 3 nitrogen and oxygen atoms in total. The van der Waals surface area contributed by atoms with Gasteiger partial charge in [-0.1, -0.05) is 6.07 Å². The van der Waals surface area contributed by atoms with Gasteiger partial charge in [-0.25, -0.2) is 4.79 Å². The molecule has 1 aliphatic rings. The molecule has 0 fully saturated rings. The maximum Gasteiger partial charge on any atom is 0.416 e. The summed E-state index contributed by atoms with van der Waals surface area (Å²) in [6.45, 7) is 0. The predicted molar refractivity (Wildman–Crippen MR) is 54.8 cm³/mol. The number of hydrogen-bond donors (Lipinski definition) is 2. The van der Waals surface area contributed by atoms with E-state index in [1.165, 1.54) is 6.07 Å². The normalized spacial score (nSPS) is 19.4. The van der Waals surface area contributed by atoms with Crippen LogP contribution in [0, 0.1) is 0 Å². The van der Waals surface area contributed by atoms with Gasteiger partial charge in [-0.15, -0.1) is 0 Å². The van der Waals surface area contributed by atoms with Gasteiger partial charge in [0.15, 0.2) is 0 Å². The summed E-state index contributed by atoms with van der Waals surface area (Å²) in [6.07, 6.45) is -3.56. The first kappa shape index (κ1) is 11.8. The molecule has 1 aliphatic heterocycles. The summed E-state index contributed by atoms with van der Waals surface area (Å²) in [6, 6.07) is 2.56. The van der Waals surface area contributed by atoms with Crippen LogP contribution in [0.4, 0.5) is 18.9 Å². The van der Waals surface area contributed by atoms with Crippen molar-refractivity contribution in [1.29, 1.82) is 0 Å². The van der Waals surface area contributed by atoms with Crippen molar-refractivity contribution in [3.05, 3.63) is 29.3 Å². The summed E-state index contributed by atoms with van der Waals surface area (Å²) >= 11 is 0. The molecule has 0 saturated carbocycles. The molecule has 17 heavy (non-hydrogen) atoms. The van der Waals surface area contributed by atoms with Gasteiger partial charge in [-0.3, -0.25) is 0 Å². The summed E-state index contributed by atoms with van der Waals surface area (Å²) in [5.41, 5.74) is 0.212. The lowest BCUT2D eigenvalue weighted by Crippen LogP contribution is -2.33. The highest BCUT2D eigenvalue weighted by Gasteiger charge is 2.32. The Labute approximate surface area is 95.3 Å². The maximum atomic E-state index is 12.5. The zero-order valence-electron chi connectivity index (χ0n) is 8.71. The van der Waals surface area contributed by atoms with Gasteiger partial charge in [0.25, 0.3) is 0 Å². The lowest BCUT2D eigenvalue weighted by Gasteiger charge is -2.24. The molecule has 1 aromatic rings. The molecule has 1 unspecified atom stereocenters. The Kier molecular flexibility index (Phi) is 2.73. The van der Waals surface area contributed by atoms with Crippen molar-refractivity contribution in [2.45, 2.75) is 25.1 Å². The average Bonchev–Trinajstić information content (AvgIpc) is 2.26. The number of carboxylic acids is 1. The fraction of sp³-hybridized carbons (Fsp3) is 0.364. The summed E-state index contributed by atoms with van der Waals surface area (Å²) in [4.78, 5) is 10.8. The SMILES string of the molecule is O=C(O)C1CCc2ccc(C(F)(F)F)cc2N1. The maximum absolute atomic E-state index is 12.5. The molecule has 0 aliphatic carbocycles. The van der Waals surface area contributed by atoms with Crippen LogP contribution in [0.25, 0.3) is 0 Å². The van der Waals surface area contributed by atoms with E-state index in [1.54, 1.807) is 0 Å². The second-order valence-corrected chi connectivity index (χ2v) is 3.94. The van der Waals surface area contributed by atoms with E-state index in [4.69, 9.17) is 5.11 Å². The first-order valence-electron chi connectivity index (χ1n) is 5.07. The molecule has 0 radical (unpaired) electrons. The number of rotatable bonds is 1. The minimum absolute atomic E-state index is 0.262. The van der Waals surface area contributed by atoms with E-state index in [1.807, 2.05) is 0 Å². The van der Waals surface area contributed by atoms with E-state index in [0.29, 0.717) is 12.8 Å². The lowest BCUT2D eigenvalue weighted by atomic mass is 9.96. The zero-order valence-corrected chi connectivity index (χ0v) is 8.71. The quantitative estimate of drug-likeness (QED) is 0.799. The Balaban J connectivity index is 2.32. The molecule has 0 amide bonds. The molecule has 0 bridgehead atoms. The number of hydrogen-bond acceptors (Lipinski definition) is 2. The number of fused-ring (bicyclic) bond motifs is 1. The molecule has 0 saturated heterocycles. The summed E-state index contributed by atoms with van der Waals surface area (Å²) < 4.78 is 37.4. The van der Waals surface area contributed by atoms with Crippen molar-refractivity contribution in [1.82, 2.24) is 0 Å². The third-order valence-corrected chi connectivity index (χ3v) is 2.77. The smallest absolute Gasteiger partial charge is 0.416 e. The number of anilines is 1. The van der Waals surface area contributed by atoms with E-state index < -0.39 is 23.8 Å². The van der Waals surface area contributed by atoms with Crippen LogP contribution in [0.2, 0.25) is 0 Å². The van der Waals surface area contributed by atoms with E-state index in [-0.39, 0.29) is 5.69 Å². The first-order valence-corrected chi connectivity index (χ1v) is 5.07. The third kappa shape index (κ3) is 2.35. The zero-order chi connectivity index (χ0) is 12.6. The van der Waals surface area contributed by atoms with Gasteiger partial charge in [-0.2, -0.15) is 13.2 Å². The van der Waals surface area contributed by atoms with Crippen LogP contribution in [-0.2, 0) is 17.4 Å². The fourth-order valence-electron chi connectivity index (χ4n) is 1.85. The second-order valence-electron chi connectivity index (χ2n) is 3.94. The first-order chi connectivity index (χ1) is 7.88. The molecular formula is C11H10F3NO2. The monoisotopic (exact) mass is 245 g/mol. The van der Waals surface area contributed by atoms with Crippen molar-refractivity contribution in [3.8, 4) is 0 Å². The van der Waals surface area contributed by atoms with Gasteiger partial charge < -0.3 is 10.4 Å². The predicted octanol–water partition coefficient (Wildman–Crippen LogP) is 2.52. The standard InChI is InChI=1S/C11H10F3NO2/c12-11(13,14)7-3-1-6-2-4-8(10(16)17)15-9(6)5-7/h1,3,5,8,15H,2,4H2,(H,16,17). The molecule has 6 heteroatoms. The van der Waals surface area contributed by atoms with Gasteiger partial charge in [0, 0.05) is 5.69 Å². The van der Waals surface area contributed by atoms with Crippen LogP contribution in [0.1, 0.15) is 17.5 Å². The highest BCUT2D eigenvalue weighted by Crippen LogP contribution is 2.34. The fourth-order valence-corrected chi connectivity index (χ4v) is 1.85. The number of carboxylic acid groups (broad SMARTS) is 1. The van der Waals surface area contributed by atoms with Crippen LogP contribution in [-0.4, -0.2) is 17.1 Å². The van der Waals surface area contributed by atoms with E-state index in [9.17, 15) is 18.0 Å². The summed E-state index contributed by atoms with van der Waals surface area (Å²) in [5, 5.41) is 11.4. The Morgan fingerprint density at radius 2 is 2.12 bits per heavy atom. The number of halogens is 3. The number of aryl methyl sites for hydroxylation is 1. The molecule has 1 heterocycles. The number of nitrogens with one attached hydrogen (secondary N) is 1. The summed E-state index contributed by atoms with van der Waals surface area (Å²) in [5.74, 6) is -1.05. The van der Waals surface area contributed by atoms with Gasteiger partial charge in [0.1, 0.15) is 6.04 Å². The topological polar surface area (TPSA) is 49.3 Å². The molecule has 2 rings (SSSR count). The van der Waals surface area contributed by atoms with Gasteiger partial charge in [-0.05, 0) is 30.5 Å². The van der Waals surface area contributed by atoms with Crippen LogP contribution >= 0.6 is 0 Å². The second kappa shape index (κ2) is 3.94. The van der Waals surface area contributed by atoms with Gasteiger partial charge in [0.05, 0.1) is 5.56 Å². The average molecular weight is 245 g/mol. The van der Waals surface area contributed by atoms with E-state index in [2.05, 4.69) is 5.32 Å². The molecular weight excluding hydrogens is 235 g/mol. The minimum Gasteiger partial charge on any atom is -0.480 e.